The molecule has 7 nitrogen and oxygen atoms in total. The summed E-state index contributed by atoms with van der Waals surface area (Å²) >= 11 is 0. The molecule has 0 saturated heterocycles. The van der Waals surface area contributed by atoms with Crippen LogP contribution in [0, 0.1) is 20.8 Å². The summed E-state index contributed by atoms with van der Waals surface area (Å²) in [4.78, 5) is 12.4. The van der Waals surface area contributed by atoms with Gasteiger partial charge < -0.3 is 19.5 Å². The number of carbonyl (C=O) groups excluding carboxylic acids is 1. The molecule has 3 aromatic rings. The average Bonchev–Trinajstić information content (AvgIpc) is 3.05. The van der Waals surface area contributed by atoms with Crippen molar-refractivity contribution in [2.24, 2.45) is 0 Å². The van der Waals surface area contributed by atoms with E-state index in [1.807, 2.05) is 51.1 Å². The van der Waals surface area contributed by atoms with Crippen LogP contribution in [0.3, 0.4) is 0 Å². The number of ether oxygens (including phenoxy) is 3. The third kappa shape index (κ3) is 4.68. The quantitative estimate of drug-likeness (QED) is 0.631. The van der Waals surface area contributed by atoms with Crippen molar-refractivity contribution in [1.82, 2.24) is 10.2 Å². The number of carbonyl (C=O) groups is 1. The molecule has 1 heterocycles. The highest BCUT2D eigenvalue weighted by Crippen LogP contribution is 2.36. The SMILES string of the molecule is COc1ccc(-c2c(NC(=O)COc3cc(C)cc(C)c3)n[nH]c2C)cc1OC. The molecular weight excluding hydrogens is 370 g/mol. The van der Waals surface area contributed by atoms with Crippen molar-refractivity contribution in [2.45, 2.75) is 20.8 Å². The molecule has 3 rings (SSSR count). The molecule has 1 aromatic heterocycles. The Bertz CT molecular complexity index is 1010. The number of H-pyrrole nitrogens is 1. The topological polar surface area (TPSA) is 85.5 Å². The van der Waals surface area contributed by atoms with Gasteiger partial charge in [0.1, 0.15) is 5.75 Å². The second kappa shape index (κ2) is 8.68. The Balaban J connectivity index is 1.76. The Kier molecular flexibility index (Phi) is 6.07. The van der Waals surface area contributed by atoms with Gasteiger partial charge in [0, 0.05) is 11.3 Å². The molecule has 0 aliphatic rings. The fourth-order valence-corrected chi connectivity index (χ4v) is 3.20. The molecule has 0 atom stereocenters. The molecule has 152 valence electrons. The number of aryl methyl sites for hydroxylation is 3. The van der Waals surface area contributed by atoms with Crippen molar-refractivity contribution < 1.29 is 19.0 Å². The summed E-state index contributed by atoms with van der Waals surface area (Å²) in [5, 5.41) is 9.96. The van der Waals surface area contributed by atoms with Crippen LogP contribution in [-0.4, -0.2) is 36.9 Å². The second-order valence-electron chi connectivity index (χ2n) is 6.80. The maximum absolute atomic E-state index is 12.4. The maximum atomic E-state index is 12.4. The monoisotopic (exact) mass is 395 g/mol. The Morgan fingerprint density at radius 2 is 1.69 bits per heavy atom. The normalized spacial score (nSPS) is 10.5. The number of methoxy groups -OCH3 is 2. The van der Waals surface area contributed by atoms with E-state index >= 15 is 0 Å². The van der Waals surface area contributed by atoms with Gasteiger partial charge in [-0.1, -0.05) is 12.1 Å². The lowest BCUT2D eigenvalue weighted by Crippen LogP contribution is -2.20. The number of hydrogen-bond donors (Lipinski definition) is 2. The lowest BCUT2D eigenvalue weighted by Gasteiger charge is -2.11. The maximum Gasteiger partial charge on any atom is 0.263 e. The Morgan fingerprint density at radius 1 is 1.00 bits per heavy atom. The van der Waals surface area contributed by atoms with Crippen molar-refractivity contribution in [1.29, 1.82) is 0 Å². The molecule has 0 bridgehead atoms. The number of nitrogens with zero attached hydrogens (tertiary/aromatic N) is 1. The number of amides is 1. The molecule has 2 aromatic carbocycles. The first-order chi connectivity index (χ1) is 13.9. The van der Waals surface area contributed by atoms with Crippen molar-refractivity contribution >= 4 is 11.7 Å². The highest BCUT2D eigenvalue weighted by atomic mass is 16.5. The standard InChI is InChI=1S/C22H25N3O4/c1-13-8-14(2)10-17(9-13)29-12-20(26)23-22-21(15(3)24-25-22)16-6-7-18(27-4)19(11-16)28-5/h6-11H,12H2,1-5H3,(H2,23,24,25,26). The summed E-state index contributed by atoms with van der Waals surface area (Å²) in [6.45, 7) is 5.75. The number of rotatable bonds is 7. The molecule has 0 aliphatic carbocycles. The highest BCUT2D eigenvalue weighted by molar-refractivity contribution is 5.95. The van der Waals surface area contributed by atoms with Crippen molar-refractivity contribution in [3.63, 3.8) is 0 Å². The van der Waals surface area contributed by atoms with Crippen LogP contribution >= 0.6 is 0 Å². The molecule has 1 amide bonds. The van der Waals surface area contributed by atoms with Gasteiger partial charge in [-0.3, -0.25) is 9.89 Å². The molecule has 0 aliphatic heterocycles. The largest absolute Gasteiger partial charge is 0.493 e. The van der Waals surface area contributed by atoms with Gasteiger partial charge in [-0.25, -0.2) is 0 Å². The highest BCUT2D eigenvalue weighted by Gasteiger charge is 2.17. The zero-order valence-corrected chi connectivity index (χ0v) is 17.3. The van der Waals surface area contributed by atoms with Crippen LogP contribution in [0.2, 0.25) is 0 Å². The van der Waals surface area contributed by atoms with E-state index in [9.17, 15) is 4.79 Å². The smallest absolute Gasteiger partial charge is 0.263 e. The first-order valence-corrected chi connectivity index (χ1v) is 9.19. The number of aromatic nitrogens is 2. The minimum Gasteiger partial charge on any atom is -0.493 e. The molecule has 0 radical (unpaired) electrons. The summed E-state index contributed by atoms with van der Waals surface area (Å²) in [6.07, 6.45) is 0. The van der Waals surface area contributed by atoms with Crippen LogP contribution in [0.1, 0.15) is 16.8 Å². The predicted molar refractivity (Wildman–Crippen MR) is 112 cm³/mol. The number of anilines is 1. The molecule has 7 heteroatoms. The molecule has 0 spiro atoms. The first kappa shape index (κ1) is 20.3. The van der Waals surface area contributed by atoms with E-state index in [4.69, 9.17) is 14.2 Å². The van der Waals surface area contributed by atoms with E-state index < -0.39 is 0 Å². The molecule has 0 saturated carbocycles. The zero-order chi connectivity index (χ0) is 21.0. The van der Waals surface area contributed by atoms with E-state index in [0.717, 1.165) is 27.9 Å². The van der Waals surface area contributed by atoms with Gasteiger partial charge in [-0.05, 0) is 61.7 Å². The van der Waals surface area contributed by atoms with E-state index in [0.29, 0.717) is 23.1 Å². The predicted octanol–water partition coefficient (Wildman–Crippen LogP) is 4.04. The van der Waals surface area contributed by atoms with Gasteiger partial charge in [0.25, 0.3) is 5.91 Å². The number of benzene rings is 2. The van der Waals surface area contributed by atoms with Gasteiger partial charge in [0.15, 0.2) is 23.9 Å². The fraction of sp³-hybridized carbons (Fsp3) is 0.273. The minimum atomic E-state index is -0.294. The average molecular weight is 395 g/mol. The van der Waals surface area contributed by atoms with E-state index in [-0.39, 0.29) is 12.5 Å². The third-order valence-corrected chi connectivity index (χ3v) is 4.44. The number of aromatic amines is 1. The minimum absolute atomic E-state index is 0.111. The molecule has 0 unspecified atom stereocenters. The molecule has 29 heavy (non-hydrogen) atoms. The van der Waals surface area contributed by atoms with Crippen LogP contribution in [0.4, 0.5) is 5.82 Å². The summed E-state index contributed by atoms with van der Waals surface area (Å²) in [7, 11) is 3.17. The summed E-state index contributed by atoms with van der Waals surface area (Å²) in [5.74, 6) is 2.03. The van der Waals surface area contributed by atoms with Crippen molar-refractivity contribution in [3.8, 4) is 28.4 Å². The van der Waals surface area contributed by atoms with Crippen LogP contribution in [-0.2, 0) is 4.79 Å². The summed E-state index contributed by atoms with van der Waals surface area (Å²) in [6, 6.07) is 11.4. The molecular formula is C22H25N3O4. The van der Waals surface area contributed by atoms with Crippen molar-refractivity contribution in [3.05, 3.63) is 53.2 Å². The summed E-state index contributed by atoms with van der Waals surface area (Å²) < 4.78 is 16.3. The third-order valence-electron chi connectivity index (χ3n) is 4.44. The number of nitrogens with one attached hydrogen (secondary N) is 2. The van der Waals surface area contributed by atoms with Crippen LogP contribution in [0.15, 0.2) is 36.4 Å². The summed E-state index contributed by atoms with van der Waals surface area (Å²) in [5.41, 5.74) is 4.62. The van der Waals surface area contributed by atoms with E-state index in [1.165, 1.54) is 0 Å². The Labute approximate surface area is 170 Å². The Hall–Kier alpha value is -3.48. The Morgan fingerprint density at radius 3 is 2.34 bits per heavy atom. The van der Waals surface area contributed by atoms with Crippen LogP contribution in [0.5, 0.6) is 17.2 Å². The van der Waals surface area contributed by atoms with Crippen LogP contribution in [0.25, 0.3) is 11.1 Å². The van der Waals surface area contributed by atoms with E-state index in [1.54, 1.807) is 14.2 Å². The van der Waals surface area contributed by atoms with Crippen LogP contribution < -0.4 is 19.5 Å². The first-order valence-electron chi connectivity index (χ1n) is 9.19. The van der Waals surface area contributed by atoms with Gasteiger partial charge in [-0.2, -0.15) is 5.10 Å². The second-order valence-corrected chi connectivity index (χ2v) is 6.80. The lowest BCUT2D eigenvalue weighted by atomic mass is 10.0. The van der Waals surface area contributed by atoms with Gasteiger partial charge in [-0.15, -0.1) is 0 Å². The fourth-order valence-electron chi connectivity index (χ4n) is 3.20. The zero-order valence-electron chi connectivity index (χ0n) is 17.3. The molecule has 0 fully saturated rings. The van der Waals surface area contributed by atoms with Crippen molar-refractivity contribution in [2.75, 3.05) is 26.1 Å². The van der Waals surface area contributed by atoms with Gasteiger partial charge >= 0.3 is 0 Å². The number of hydrogen-bond acceptors (Lipinski definition) is 5. The van der Waals surface area contributed by atoms with Gasteiger partial charge in [0.2, 0.25) is 0 Å². The van der Waals surface area contributed by atoms with E-state index in [2.05, 4.69) is 21.6 Å². The molecule has 2 N–H and O–H groups in total. The lowest BCUT2D eigenvalue weighted by molar-refractivity contribution is -0.118. The van der Waals surface area contributed by atoms with Gasteiger partial charge in [0.05, 0.1) is 14.2 Å².